The summed E-state index contributed by atoms with van der Waals surface area (Å²) < 4.78 is 11.2. The molecule has 0 aliphatic carbocycles. The molecule has 6 heteroatoms. The lowest BCUT2D eigenvalue weighted by atomic mass is 10.0. The van der Waals surface area contributed by atoms with E-state index in [1.54, 1.807) is 13.0 Å². The molecule has 2 rings (SSSR count). The van der Waals surface area contributed by atoms with Crippen LogP contribution in [0.4, 0.5) is 0 Å². The number of aliphatic hydroxyl groups is 2. The minimum Gasteiger partial charge on any atom is -0.390 e. The van der Waals surface area contributed by atoms with Crippen LogP contribution >= 0.6 is 0 Å². The maximum Gasteiger partial charge on any atom is 0.246 e. The molecule has 5 atom stereocenters. The van der Waals surface area contributed by atoms with Crippen molar-refractivity contribution in [3.63, 3.8) is 0 Å². The van der Waals surface area contributed by atoms with Crippen LogP contribution in [0.25, 0.3) is 0 Å². The van der Waals surface area contributed by atoms with Crippen molar-refractivity contribution in [2.75, 3.05) is 13.1 Å². The van der Waals surface area contributed by atoms with E-state index >= 15 is 0 Å². The Morgan fingerprint density at radius 1 is 1.35 bits per heavy atom. The Labute approximate surface area is 138 Å². The molecule has 1 unspecified atom stereocenters. The molecule has 0 saturated carbocycles. The fourth-order valence-electron chi connectivity index (χ4n) is 2.92. The SMILES string of the molecule is C[C@H](CC/C=C/C(=O)N1CCCC1)O[C@@H]1O[C@@H](C)C(O)C[C@H]1O. The highest BCUT2D eigenvalue weighted by Gasteiger charge is 2.35. The van der Waals surface area contributed by atoms with Crippen LogP contribution in [-0.4, -0.2) is 64.8 Å². The first-order valence-electron chi connectivity index (χ1n) is 8.60. The summed E-state index contributed by atoms with van der Waals surface area (Å²) in [4.78, 5) is 13.7. The summed E-state index contributed by atoms with van der Waals surface area (Å²) in [6, 6.07) is 0. The Morgan fingerprint density at radius 3 is 2.74 bits per heavy atom. The zero-order valence-electron chi connectivity index (χ0n) is 14.1. The quantitative estimate of drug-likeness (QED) is 0.717. The molecule has 2 saturated heterocycles. The van der Waals surface area contributed by atoms with Crippen LogP contribution in [0.2, 0.25) is 0 Å². The van der Waals surface area contributed by atoms with Crippen LogP contribution in [0.5, 0.6) is 0 Å². The highest BCUT2D eigenvalue weighted by atomic mass is 16.7. The van der Waals surface area contributed by atoms with Crippen LogP contribution < -0.4 is 0 Å². The Hall–Kier alpha value is -0.950. The van der Waals surface area contributed by atoms with Gasteiger partial charge in [0.25, 0.3) is 0 Å². The lowest BCUT2D eigenvalue weighted by molar-refractivity contribution is -0.273. The van der Waals surface area contributed by atoms with Crippen LogP contribution in [-0.2, 0) is 14.3 Å². The molecule has 0 radical (unpaired) electrons. The van der Waals surface area contributed by atoms with Gasteiger partial charge in [-0.05, 0) is 45.6 Å². The number of rotatable bonds is 6. The smallest absolute Gasteiger partial charge is 0.246 e. The zero-order valence-corrected chi connectivity index (χ0v) is 14.1. The number of allylic oxidation sites excluding steroid dienone is 1. The van der Waals surface area contributed by atoms with Gasteiger partial charge in [0.15, 0.2) is 6.29 Å². The first-order valence-corrected chi connectivity index (χ1v) is 8.60. The van der Waals surface area contributed by atoms with Crippen molar-refractivity contribution in [2.24, 2.45) is 0 Å². The van der Waals surface area contributed by atoms with Crippen molar-refractivity contribution in [3.05, 3.63) is 12.2 Å². The Bertz CT molecular complexity index is 408. The first-order chi connectivity index (χ1) is 11.0. The summed E-state index contributed by atoms with van der Waals surface area (Å²) in [5.41, 5.74) is 0. The van der Waals surface area contributed by atoms with Gasteiger partial charge in [-0.2, -0.15) is 0 Å². The molecule has 23 heavy (non-hydrogen) atoms. The molecule has 2 aliphatic rings. The predicted octanol–water partition coefficient (Wildman–Crippen LogP) is 1.21. The van der Waals surface area contributed by atoms with E-state index in [2.05, 4.69) is 0 Å². The van der Waals surface area contributed by atoms with Crippen LogP contribution in [0.1, 0.15) is 46.0 Å². The van der Waals surface area contributed by atoms with E-state index in [-0.39, 0.29) is 24.5 Å². The minimum absolute atomic E-state index is 0.0879. The normalized spacial score (nSPS) is 33.3. The molecule has 0 aromatic heterocycles. The van der Waals surface area contributed by atoms with Gasteiger partial charge in [-0.1, -0.05) is 6.08 Å². The third-order valence-electron chi connectivity index (χ3n) is 4.47. The van der Waals surface area contributed by atoms with Gasteiger partial charge in [0, 0.05) is 19.5 Å². The molecular weight excluding hydrogens is 298 g/mol. The molecule has 0 spiro atoms. The fraction of sp³-hybridized carbons (Fsp3) is 0.824. The molecule has 1 amide bonds. The van der Waals surface area contributed by atoms with Gasteiger partial charge in [-0.25, -0.2) is 0 Å². The second-order valence-corrected chi connectivity index (χ2v) is 6.54. The number of carbonyl (C=O) groups excluding carboxylic acids is 1. The average molecular weight is 327 g/mol. The molecule has 132 valence electrons. The number of aliphatic hydroxyl groups excluding tert-OH is 2. The number of hydrogen-bond acceptors (Lipinski definition) is 5. The Morgan fingerprint density at radius 2 is 2.04 bits per heavy atom. The Balaban J connectivity index is 1.66. The number of carbonyl (C=O) groups is 1. The highest BCUT2D eigenvalue weighted by Crippen LogP contribution is 2.22. The van der Waals surface area contributed by atoms with Gasteiger partial charge in [0.05, 0.1) is 18.3 Å². The second kappa shape index (κ2) is 8.78. The number of likely N-dealkylation sites (tertiary alicyclic amines) is 1. The summed E-state index contributed by atoms with van der Waals surface area (Å²) in [6.45, 7) is 5.42. The second-order valence-electron chi connectivity index (χ2n) is 6.54. The highest BCUT2D eigenvalue weighted by molar-refractivity contribution is 5.87. The summed E-state index contributed by atoms with van der Waals surface area (Å²) in [5, 5.41) is 19.5. The predicted molar refractivity (Wildman–Crippen MR) is 85.7 cm³/mol. The molecular formula is C17H29NO5. The molecule has 0 aromatic rings. The van der Waals surface area contributed by atoms with E-state index < -0.39 is 18.5 Å². The number of amides is 1. The van der Waals surface area contributed by atoms with E-state index in [4.69, 9.17) is 9.47 Å². The summed E-state index contributed by atoms with van der Waals surface area (Å²) in [5.74, 6) is 0.0879. The summed E-state index contributed by atoms with van der Waals surface area (Å²) >= 11 is 0. The van der Waals surface area contributed by atoms with Crippen molar-refractivity contribution in [2.45, 2.75) is 76.7 Å². The van der Waals surface area contributed by atoms with Crippen molar-refractivity contribution >= 4 is 5.91 Å². The molecule has 2 fully saturated rings. The molecule has 6 nitrogen and oxygen atoms in total. The van der Waals surface area contributed by atoms with Gasteiger partial charge in [0.1, 0.15) is 6.10 Å². The van der Waals surface area contributed by atoms with Gasteiger partial charge in [-0.3, -0.25) is 4.79 Å². The van der Waals surface area contributed by atoms with E-state index in [1.807, 2.05) is 17.9 Å². The monoisotopic (exact) mass is 327 g/mol. The number of ether oxygens (including phenoxy) is 2. The lowest BCUT2D eigenvalue weighted by Crippen LogP contribution is -2.48. The summed E-state index contributed by atoms with van der Waals surface area (Å²) in [7, 11) is 0. The topological polar surface area (TPSA) is 79.2 Å². The van der Waals surface area contributed by atoms with Crippen LogP contribution in [0, 0.1) is 0 Å². The third-order valence-corrected chi connectivity index (χ3v) is 4.47. The van der Waals surface area contributed by atoms with Crippen LogP contribution in [0.15, 0.2) is 12.2 Å². The van der Waals surface area contributed by atoms with Crippen molar-refractivity contribution in [1.82, 2.24) is 4.90 Å². The molecule has 0 aromatic carbocycles. The molecule has 2 heterocycles. The molecule has 2 N–H and O–H groups in total. The van der Waals surface area contributed by atoms with E-state index in [9.17, 15) is 15.0 Å². The zero-order chi connectivity index (χ0) is 16.8. The van der Waals surface area contributed by atoms with Gasteiger partial charge in [-0.15, -0.1) is 0 Å². The lowest BCUT2D eigenvalue weighted by Gasteiger charge is -2.36. The average Bonchev–Trinajstić information content (AvgIpc) is 3.03. The van der Waals surface area contributed by atoms with E-state index in [0.717, 1.165) is 38.8 Å². The van der Waals surface area contributed by atoms with E-state index in [0.29, 0.717) is 0 Å². The number of nitrogens with zero attached hydrogens (tertiary/aromatic N) is 1. The van der Waals surface area contributed by atoms with Gasteiger partial charge >= 0.3 is 0 Å². The standard InChI is InChI=1S/C17H29NO5/c1-12(22-17-15(20)11-14(19)13(2)23-17)7-3-4-8-16(21)18-9-5-6-10-18/h4,8,12-15,17,19-20H,3,5-7,9-11H2,1-2H3/b8-4+/t12-,13+,14?,15-,17-/m1/s1. The largest absolute Gasteiger partial charge is 0.390 e. The molecule has 2 aliphatic heterocycles. The van der Waals surface area contributed by atoms with Crippen molar-refractivity contribution in [1.29, 1.82) is 0 Å². The third kappa shape index (κ3) is 5.57. The maximum absolute atomic E-state index is 11.8. The summed E-state index contributed by atoms with van der Waals surface area (Å²) in [6.07, 6.45) is 4.87. The molecule has 0 bridgehead atoms. The number of hydrogen-bond donors (Lipinski definition) is 2. The first kappa shape index (κ1) is 18.4. The van der Waals surface area contributed by atoms with Gasteiger partial charge in [0.2, 0.25) is 5.91 Å². The maximum atomic E-state index is 11.8. The van der Waals surface area contributed by atoms with E-state index in [1.165, 1.54) is 0 Å². The fourth-order valence-corrected chi connectivity index (χ4v) is 2.92. The van der Waals surface area contributed by atoms with Crippen molar-refractivity contribution < 1.29 is 24.5 Å². The van der Waals surface area contributed by atoms with Crippen LogP contribution in [0.3, 0.4) is 0 Å². The van der Waals surface area contributed by atoms with Crippen molar-refractivity contribution in [3.8, 4) is 0 Å². The minimum atomic E-state index is -0.809. The Kier molecular flexibility index (Phi) is 7.02. The van der Waals surface area contributed by atoms with Gasteiger partial charge < -0.3 is 24.6 Å².